The lowest BCUT2D eigenvalue weighted by Crippen LogP contribution is -2.11. The lowest BCUT2D eigenvalue weighted by molar-refractivity contribution is -0.138. The van der Waals surface area contributed by atoms with Crippen molar-refractivity contribution in [2.45, 2.75) is 63.8 Å². The van der Waals surface area contributed by atoms with Gasteiger partial charge < -0.3 is 15.2 Å². The molecule has 0 amide bonds. The molecule has 5 rings (SSSR count). The van der Waals surface area contributed by atoms with Crippen LogP contribution in [0.15, 0.2) is 66.9 Å². The number of nitrogens with one attached hydrogen (secondary N) is 1. The van der Waals surface area contributed by atoms with Gasteiger partial charge >= 0.3 is 18.3 Å². The van der Waals surface area contributed by atoms with E-state index in [0.717, 1.165) is 31.0 Å². The highest BCUT2D eigenvalue weighted by Gasteiger charge is 2.36. The quantitative estimate of drug-likeness (QED) is 0.115. The normalized spacial score (nSPS) is 13.3. The predicted octanol–water partition coefficient (Wildman–Crippen LogP) is 9.70. The van der Waals surface area contributed by atoms with Crippen molar-refractivity contribution >= 4 is 17.4 Å². The van der Waals surface area contributed by atoms with Gasteiger partial charge in [-0.1, -0.05) is 12.1 Å². The number of alkyl halides is 6. The maximum Gasteiger partial charge on any atom is 0.416 e. The number of hydrogen-bond donors (Lipinski definition) is 2. The Morgan fingerprint density at radius 1 is 0.875 bits per heavy atom. The van der Waals surface area contributed by atoms with Gasteiger partial charge in [0.05, 0.1) is 18.2 Å². The zero-order valence-electron chi connectivity index (χ0n) is 26.1. The molecule has 252 valence electrons. The number of aliphatic carboxylic acids is 1. The third kappa shape index (κ3) is 7.98. The van der Waals surface area contributed by atoms with E-state index in [0.29, 0.717) is 50.4 Å². The number of halogens is 6. The molecule has 2 N–H and O–H groups in total. The van der Waals surface area contributed by atoms with Crippen LogP contribution in [0.4, 0.5) is 32.0 Å². The molecule has 0 saturated heterocycles. The first-order chi connectivity index (χ1) is 22.7. The molecule has 0 atom stereocenters. The van der Waals surface area contributed by atoms with Crippen LogP contribution in [0.1, 0.15) is 76.3 Å². The maximum atomic E-state index is 14.1. The smallest absolute Gasteiger partial charge is 0.416 e. The average molecular weight is 671 g/mol. The fraction of sp³-hybridized carbons (Fsp3) is 0.306. The summed E-state index contributed by atoms with van der Waals surface area (Å²) in [6, 6.07) is 13.8. The molecule has 1 aliphatic carbocycles. The van der Waals surface area contributed by atoms with Crippen LogP contribution in [0.3, 0.4) is 0 Å². The van der Waals surface area contributed by atoms with Gasteiger partial charge in [-0.05, 0) is 102 Å². The summed E-state index contributed by atoms with van der Waals surface area (Å²) >= 11 is 0. The highest BCUT2D eigenvalue weighted by atomic mass is 19.4. The molecule has 1 aromatic heterocycles. The average Bonchev–Trinajstić information content (AvgIpc) is 3.88. The van der Waals surface area contributed by atoms with Gasteiger partial charge in [0.15, 0.2) is 5.78 Å². The van der Waals surface area contributed by atoms with Gasteiger partial charge in [-0.25, -0.2) is 0 Å². The SMILES string of the molecule is COc1cc(NCc2c(-c3ccc(C(=O)CCCC(=O)O)nc3)cc(C(F)(F)F)cc2C2CC2)ccc1-c1ccc(C(F)(F)F)cc1C. The molecular weight excluding hydrogens is 638 g/mol. The van der Waals surface area contributed by atoms with E-state index >= 15 is 0 Å². The van der Waals surface area contributed by atoms with E-state index in [4.69, 9.17) is 9.84 Å². The number of aryl methyl sites for hydroxylation is 1. The van der Waals surface area contributed by atoms with E-state index in [1.54, 1.807) is 25.1 Å². The minimum atomic E-state index is -4.60. The van der Waals surface area contributed by atoms with Gasteiger partial charge in [0.2, 0.25) is 0 Å². The fourth-order valence-corrected chi connectivity index (χ4v) is 5.67. The number of hydrogen-bond acceptors (Lipinski definition) is 5. The van der Waals surface area contributed by atoms with Gasteiger partial charge in [0.1, 0.15) is 11.4 Å². The molecule has 0 aliphatic heterocycles. The number of ketones is 1. The Bertz CT molecular complexity index is 1830. The minimum Gasteiger partial charge on any atom is -0.496 e. The van der Waals surface area contributed by atoms with Gasteiger partial charge in [-0.2, -0.15) is 26.3 Å². The monoisotopic (exact) mass is 670 g/mol. The van der Waals surface area contributed by atoms with Gasteiger partial charge in [0, 0.05) is 48.5 Å². The Kier molecular flexibility index (Phi) is 9.84. The van der Waals surface area contributed by atoms with E-state index in [1.807, 2.05) is 0 Å². The second kappa shape index (κ2) is 13.7. The highest BCUT2D eigenvalue weighted by molar-refractivity contribution is 5.94. The van der Waals surface area contributed by atoms with Crippen LogP contribution in [0.25, 0.3) is 22.3 Å². The Balaban J connectivity index is 1.46. The molecule has 48 heavy (non-hydrogen) atoms. The summed E-state index contributed by atoms with van der Waals surface area (Å²) in [5, 5.41) is 12.1. The lowest BCUT2D eigenvalue weighted by atomic mass is 9.90. The third-order valence-corrected chi connectivity index (χ3v) is 8.30. The molecule has 0 unspecified atom stereocenters. The summed E-state index contributed by atoms with van der Waals surface area (Å²) in [7, 11) is 1.44. The minimum absolute atomic E-state index is 0.0239. The Labute approximate surface area is 272 Å². The molecule has 0 bridgehead atoms. The number of methoxy groups -OCH3 is 1. The summed E-state index contributed by atoms with van der Waals surface area (Å²) in [6.07, 6.45) is -6.29. The van der Waals surface area contributed by atoms with Crippen LogP contribution in [0.5, 0.6) is 5.75 Å². The van der Waals surface area contributed by atoms with Gasteiger partial charge in [-0.15, -0.1) is 0 Å². The second-order valence-corrected chi connectivity index (χ2v) is 11.8. The van der Waals surface area contributed by atoms with E-state index < -0.39 is 29.4 Å². The number of Topliss-reactive ketones (excluding diaryl/α,β-unsaturated/α-hetero) is 1. The van der Waals surface area contributed by atoms with Crippen molar-refractivity contribution in [2.24, 2.45) is 0 Å². The first-order valence-electron chi connectivity index (χ1n) is 15.2. The zero-order chi connectivity index (χ0) is 34.8. The topological polar surface area (TPSA) is 88.5 Å². The van der Waals surface area contributed by atoms with Crippen LogP contribution < -0.4 is 10.1 Å². The van der Waals surface area contributed by atoms with Crippen molar-refractivity contribution in [2.75, 3.05) is 12.4 Å². The predicted molar refractivity (Wildman–Crippen MR) is 168 cm³/mol. The van der Waals surface area contributed by atoms with E-state index in [9.17, 15) is 35.9 Å². The fourth-order valence-electron chi connectivity index (χ4n) is 5.67. The molecule has 3 aromatic carbocycles. The molecule has 6 nitrogen and oxygen atoms in total. The third-order valence-electron chi connectivity index (χ3n) is 8.30. The number of carboxylic acid groups (broad SMARTS) is 1. The maximum absolute atomic E-state index is 14.1. The number of ether oxygens (including phenoxy) is 1. The van der Waals surface area contributed by atoms with Crippen molar-refractivity contribution in [3.8, 4) is 28.0 Å². The van der Waals surface area contributed by atoms with Crippen LogP contribution in [0.2, 0.25) is 0 Å². The van der Waals surface area contributed by atoms with Crippen LogP contribution in [-0.2, 0) is 23.7 Å². The van der Waals surface area contributed by atoms with Gasteiger partial charge in [0.25, 0.3) is 0 Å². The standard InChI is InChI=1S/C36H32F6N2O4/c1-20-14-23(35(37,38)39)9-11-26(20)27-12-10-25(17-33(27)48-2)43-19-30-28(21-6-7-21)15-24(36(40,41)42)16-29(30)22-8-13-31(44-18-22)32(45)4-3-5-34(46)47/h8-18,21,43H,3-7,19H2,1-2H3,(H,46,47). The number of benzene rings is 3. The number of pyridine rings is 1. The Morgan fingerprint density at radius 2 is 1.58 bits per heavy atom. The first kappa shape index (κ1) is 34.5. The van der Waals surface area contributed by atoms with Crippen LogP contribution >= 0.6 is 0 Å². The largest absolute Gasteiger partial charge is 0.496 e. The summed E-state index contributed by atoms with van der Waals surface area (Å²) in [5.74, 6) is -1.04. The van der Waals surface area contributed by atoms with E-state index in [-0.39, 0.29) is 43.2 Å². The zero-order valence-corrected chi connectivity index (χ0v) is 26.1. The molecule has 1 saturated carbocycles. The summed E-state index contributed by atoms with van der Waals surface area (Å²) in [4.78, 5) is 27.5. The number of rotatable bonds is 12. The summed E-state index contributed by atoms with van der Waals surface area (Å²) < 4.78 is 87.4. The molecule has 1 fully saturated rings. The van der Waals surface area contributed by atoms with Crippen molar-refractivity contribution in [1.82, 2.24) is 4.98 Å². The molecule has 1 aliphatic rings. The Morgan fingerprint density at radius 3 is 2.17 bits per heavy atom. The van der Waals surface area contributed by atoms with E-state index in [2.05, 4.69) is 10.3 Å². The molecule has 1 heterocycles. The van der Waals surface area contributed by atoms with Crippen LogP contribution in [0, 0.1) is 6.92 Å². The van der Waals surface area contributed by atoms with Crippen LogP contribution in [-0.4, -0.2) is 29.0 Å². The molecule has 0 spiro atoms. The summed E-state index contributed by atoms with van der Waals surface area (Å²) in [5.41, 5.74) is 2.54. The molecule has 4 aromatic rings. The molecule has 0 radical (unpaired) electrons. The second-order valence-electron chi connectivity index (χ2n) is 11.8. The van der Waals surface area contributed by atoms with Crippen molar-refractivity contribution in [3.05, 3.63) is 100 Å². The van der Waals surface area contributed by atoms with E-state index in [1.165, 1.54) is 37.6 Å². The number of nitrogens with zero attached hydrogens (tertiary/aromatic N) is 1. The van der Waals surface area contributed by atoms with Gasteiger partial charge in [-0.3, -0.25) is 14.6 Å². The molecule has 12 heteroatoms. The number of anilines is 1. The first-order valence-corrected chi connectivity index (χ1v) is 15.2. The van der Waals surface area contributed by atoms with Crippen molar-refractivity contribution < 1.29 is 45.8 Å². The number of carbonyl (C=O) groups is 2. The summed E-state index contributed by atoms with van der Waals surface area (Å²) in [6.45, 7) is 1.72. The Hall–Kier alpha value is -4.87. The highest BCUT2D eigenvalue weighted by Crippen LogP contribution is 2.47. The number of aromatic nitrogens is 1. The van der Waals surface area contributed by atoms with Crippen molar-refractivity contribution in [3.63, 3.8) is 0 Å². The molecular formula is C36H32F6N2O4. The number of carboxylic acids is 1. The lowest BCUT2D eigenvalue weighted by Gasteiger charge is -2.20. The van der Waals surface area contributed by atoms with Crippen molar-refractivity contribution in [1.29, 1.82) is 0 Å². The number of carbonyl (C=O) groups excluding carboxylic acids is 1.